The number of hydrogen-bond donors (Lipinski definition) is 4. The molecule has 35 heavy (non-hydrogen) atoms. The van der Waals surface area contributed by atoms with Gasteiger partial charge in [-0.2, -0.15) is 0 Å². The Hall–Kier alpha value is -3.39. The zero-order valence-corrected chi connectivity index (χ0v) is 19.8. The van der Waals surface area contributed by atoms with Gasteiger partial charge in [-0.25, -0.2) is 4.79 Å². The first-order chi connectivity index (χ1) is 16.8. The quantitative estimate of drug-likeness (QED) is 0.459. The summed E-state index contributed by atoms with van der Waals surface area (Å²) in [4.78, 5) is 36.3. The molecular weight excluding hydrogens is 448 g/mol. The van der Waals surface area contributed by atoms with Gasteiger partial charge in [-0.1, -0.05) is 61.4 Å². The molecule has 8 heteroatoms. The van der Waals surface area contributed by atoms with E-state index in [-0.39, 0.29) is 25.5 Å². The van der Waals surface area contributed by atoms with Gasteiger partial charge in [0.2, 0.25) is 5.91 Å². The van der Waals surface area contributed by atoms with Crippen molar-refractivity contribution in [1.82, 2.24) is 10.6 Å². The zero-order valence-electron chi connectivity index (χ0n) is 19.8. The fourth-order valence-electron chi connectivity index (χ4n) is 5.39. The molecule has 0 bridgehead atoms. The average Bonchev–Trinajstić information content (AvgIpc) is 3.15. The average molecular weight is 481 g/mol. The Morgan fingerprint density at radius 2 is 1.69 bits per heavy atom. The number of amides is 2. The minimum absolute atomic E-state index is 0.0673. The summed E-state index contributed by atoms with van der Waals surface area (Å²) in [6.45, 7) is 1.75. The standard InChI is InChI=1S/C27H32N2O6/c1-27(13-7-6-12-23(27)25(32)33)29-24(31)14-17(30)15-28-26(34)35-16-22-20-10-4-2-8-18(20)19-9-3-5-11-21(19)22/h2-5,8-11,17,22-23,30H,6-7,12-16H2,1H3,(H,28,34)(H,29,31)(H,32,33). The van der Waals surface area contributed by atoms with Gasteiger partial charge < -0.3 is 25.6 Å². The predicted octanol–water partition coefficient (Wildman–Crippen LogP) is 3.43. The Morgan fingerprint density at radius 3 is 2.31 bits per heavy atom. The molecule has 0 aromatic heterocycles. The highest BCUT2D eigenvalue weighted by Crippen LogP contribution is 2.44. The summed E-state index contributed by atoms with van der Waals surface area (Å²) in [5.41, 5.74) is 3.63. The minimum atomic E-state index is -1.12. The second-order valence-corrected chi connectivity index (χ2v) is 9.67. The number of nitrogens with one attached hydrogen (secondary N) is 2. The molecule has 8 nitrogen and oxygen atoms in total. The van der Waals surface area contributed by atoms with Gasteiger partial charge in [0.25, 0.3) is 0 Å². The molecule has 186 valence electrons. The SMILES string of the molecule is CC1(NC(=O)CC(O)CNC(=O)OCC2c3ccccc3-c3ccccc32)CCCCC1C(=O)O. The lowest BCUT2D eigenvalue weighted by molar-refractivity contribution is -0.146. The second-order valence-electron chi connectivity index (χ2n) is 9.67. The van der Waals surface area contributed by atoms with Crippen LogP contribution in [0.25, 0.3) is 11.1 Å². The Kier molecular flexibility index (Phi) is 7.40. The first kappa shape index (κ1) is 24.7. The molecule has 4 rings (SSSR count). The smallest absolute Gasteiger partial charge is 0.407 e. The molecule has 1 fully saturated rings. The van der Waals surface area contributed by atoms with Crippen LogP contribution in [-0.2, 0) is 14.3 Å². The van der Waals surface area contributed by atoms with Crippen LogP contribution in [0, 0.1) is 5.92 Å². The lowest BCUT2D eigenvalue weighted by Gasteiger charge is -2.40. The van der Waals surface area contributed by atoms with E-state index in [2.05, 4.69) is 22.8 Å². The van der Waals surface area contributed by atoms with Crippen molar-refractivity contribution in [3.63, 3.8) is 0 Å². The molecule has 0 aliphatic heterocycles. The van der Waals surface area contributed by atoms with Gasteiger partial charge in [-0.15, -0.1) is 0 Å². The van der Waals surface area contributed by atoms with Crippen LogP contribution in [0.2, 0.25) is 0 Å². The van der Waals surface area contributed by atoms with Crippen molar-refractivity contribution in [2.75, 3.05) is 13.2 Å². The molecule has 3 atom stereocenters. The van der Waals surface area contributed by atoms with Gasteiger partial charge >= 0.3 is 12.1 Å². The second kappa shape index (κ2) is 10.5. The Balaban J connectivity index is 1.25. The maximum Gasteiger partial charge on any atom is 0.407 e. The topological polar surface area (TPSA) is 125 Å². The molecule has 2 aliphatic rings. The summed E-state index contributed by atoms with van der Waals surface area (Å²) in [6, 6.07) is 16.1. The number of rotatable bonds is 8. The van der Waals surface area contributed by atoms with Crippen LogP contribution in [0.5, 0.6) is 0 Å². The summed E-state index contributed by atoms with van der Waals surface area (Å²) in [6.07, 6.45) is 0.706. The van der Waals surface area contributed by atoms with Crippen molar-refractivity contribution in [2.45, 2.75) is 56.6 Å². The highest BCUT2D eigenvalue weighted by molar-refractivity contribution is 5.80. The Morgan fingerprint density at radius 1 is 1.06 bits per heavy atom. The number of carboxylic acid groups (broad SMARTS) is 1. The van der Waals surface area contributed by atoms with E-state index in [1.54, 1.807) is 6.92 Å². The molecule has 0 radical (unpaired) electrons. The number of aliphatic carboxylic acids is 1. The molecule has 0 saturated heterocycles. The fourth-order valence-corrected chi connectivity index (χ4v) is 5.39. The number of carbonyl (C=O) groups excluding carboxylic acids is 2. The van der Waals surface area contributed by atoms with E-state index in [1.807, 2.05) is 36.4 Å². The molecule has 1 saturated carbocycles. The van der Waals surface area contributed by atoms with E-state index >= 15 is 0 Å². The molecule has 4 N–H and O–H groups in total. The van der Waals surface area contributed by atoms with Crippen LogP contribution in [-0.4, -0.2) is 53.0 Å². The number of carbonyl (C=O) groups is 3. The highest BCUT2D eigenvalue weighted by Gasteiger charge is 2.42. The third-order valence-corrected chi connectivity index (χ3v) is 7.18. The molecule has 2 aliphatic carbocycles. The predicted molar refractivity (Wildman–Crippen MR) is 130 cm³/mol. The summed E-state index contributed by atoms with van der Waals surface area (Å²) in [5.74, 6) is -2.09. The van der Waals surface area contributed by atoms with Gasteiger partial charge in [-0.3, -0.25) is 9.59 Å². The first-order valence-electron chi connectivity index (χ1n) is 12.1. The lowest BCUT2D eigenvalue weighted by atomic mass is 9.74. The van der Waals surface area contributed by atoms with Gasteiger partial charge in [0.15, 0.2) is 0 Å². The fraction of sp³-hybridized carbons (Fsp3) is 0.444. The van der Waals surface area contributed by atoms with Crippen molar-refractivity contribution < 1.29 is 29.3 Å². The lowest BCUT2D eigenvalue weighted by Crippen LogP contribution is -2.56. The third-order valence-electron chi connectivity index (χ3n) is 7.18. The van der Waals surface area contributed by atoms with Gasteiger partial charge in [-0.05, 0) is 42.0 Å². The van der Waals surface area contributed by atoms with Gasteiger partial charge in [0.05, 0.1) is 24.0 Å². The van der Waals surface area contributed by atoms with Crippen molar-refractivity contribution >= 4 is 18.0 Å². The van der Waals surface area contributed by atoms with Crippen molar-refractivity contribution in [1.29, 1.82) is 0 Å². The third kappa shape index (κ3) is 5.48. The Bertz CT molecular complexity index is 1060. The largest absolute Gasteiger partial charge is 0.481 e. The van der Waals surface area contributed by atoms with Crippen LogP contribution < -0.4 is 10.6 Å². The van der Waals surface area contributed by atoms with E-state index in [4.69, 9.17) is 4.74 Å². The first-order valence-corrected chi connectivity index (χ1v) is 12.1. The van der Waals surface area contributed by atoms with Crippen molar-refractivity contribution in [3.05, 3.63) is 59.7 Å². The number of carboxylic acids is 1. The van der Waals surface area contributed by atoms with Crippen molar-refractivity contribution in [2.24, 2.45) is 5.92 Å². The van der Waals surface area contributed by atoms with Crippen LogP contribution in [0.1, 0.15) is 56.1 Å². The van der Waals surface area contributed by atoms with E-state index in [1.165, 1.54) is 0 Å². The molecule has 2 aromatic carbocycles. The van der Waals surface area contributed by atoms with Crippen molar-refractivity contribution in [3.8, 4) is 11.1 Å². The molecule has 0 spiro atoms. The summed E-state index contributed by atoms with van der Waals surface area (Å²) in [5, 5.41) is 25.1. The van der Waals surface area contributed by atoms with Gasteiger partial charge in [0.1, 0.15) is 6.61 Å². The molecule has 2 amide bonds. The maximum atomic E-state index is 12.5. The monoisotopic (exact) mass is 480 g/mol. The van der Waals surface area contributed by atoms with Crippen LogP contribution in [0.3, 0.4) is 0 Å². The highest BCUT2D eigenvalue weighted by atomic mass is 16.5. The molecule has 2 aromatic rings. The Labute approximate surface area is 204 Å². The summed E-state index contributed by atoms with van der Waals surface area (Å²) in [7, 11) is 0. The van der Waals surface area contributed by atoms with Gasteiger partial charge in [0, 0.05) is 12.5 Å². The summed E-state index contributed by atoms with van der Waals surface area (Å²) < 4.78 is 5.45. The van der Waals surface area contributed by atoms with Crippen LogP contribution in [0.4, 0.5) is 4.79 Å². The molecule has 3 unspecified atom stereocenters. The number of alkyl carbamates (subject to hydrolysis) is 1. The van der Waals surface area contributed by atoms with E-state index < -0.39 is 35.5 Å². The normalized spacial score (nSPS) is 21.9. The van der Waals surface area contributed by atoms with E-state index in [9.17, 15) is 24.6 Å². The van der Waals surface area contributed by atoms with E-state index in [0.29, 0.717) is 12.8 Å². The minimum Gasteiger partial charge on any atom is -0.481 e. The van der Waals surface area contributed by atoms with E-state index in [0.717, 1.165) is 35.1 Å². The number of ether oxygens (including phenoxy) is 1. The zero-order chi connectivity index (χ0) is 25.0. The number of benzene rings is 2. The summed E-state index contributed by atoms with van der Waals surface area (Å²) >= 11 is 0. The number of aliphatic hydroxyl groups excluding tert-OH is 1. The number of fused-ring (bicyclic) bond motifs is 3. The molecule has 0 heterocycles. The number of aliphatic hydroxyl groups is 1. The van der Waals surface area contributed by atoms with Crippen LogP contribution in [0.15, 0.2) is 48.5 Å². The maximum absolute atomic E-state index is 12.5. The molecular formula is C27H32N2O6. The number of hydrogen-bond acceptors (Lipinski definition) is 5. The van der Waals surface area contributed by atoms with Crippen LogP contribution >= 0.6 is 0 Å².